The van der Waals surface area contributed by atoms with Gasteiger partial charge in [-0.1, -0.05) is 32.1 Å². The molecule has 0 spiro atoms. The quantitative estimate of drug-likeness (QED) is 0.758. The molecular weight excluding hydrogens is 186 g/mol. The van der Waals surface area contributed by atoms with Crippen molar-refractivity contribution in [1.29, 1.82) is 0 Å². The third-order valence-electron chi connectivity index (χ3n) is 3.59. The van der Waals surface area contributed by atoms with Gasteiger partial charge >= 0.3 is 0 Å². The molecule has 90 valence electrons. The lowest BCUT2D eigenvalue weighted by Gasteiger charge is -2.28. The van der Waals surface area contributed by atoms with E-state index in [-0.39, 0.29) is 0 Å². The molecule has 1 aliphatic rings. The van der Waals surface area contributed by atoms with Crippen molar-refractivity contribution in [1.82, 2.24) is 5.32 Å². The molecule has 1 rings (SSSR count). The van der Waals surface area contributed by atoms with Gasteiger partial charge in [0.2, 0.25) is 0 Å². The predicted molar refractivity (Wildman–Crippen MR) is 65.1 cm³/mol. The summed E-state index contributed by atoms with van der Waals surface area (Å²) in [6, 6.07) is 0.572. The summed E-state index contributed by atoms with van der Waals surface area (Å²) in [5, 5.41) is 3.43. The Morgan fingerprint density at radius 1 is 1.13 bits per heavy atom. The SMILES string of the molecule is CCOCC(NC)C1CCCCCCC1. The minimum Gasteiger partial charge on any atom is -0.380 e. The molecule has 0 radical (unpaired) electrons. The van der Waals surface area contributed by atoms with E-state index in [2.05, 4.69) is 19.3 Å². The summed E-state index contributed by atoms with van der Waals surface area (Å²) in [7, 11) is 2.07. The minimum atomic E-state index is 0.572. The maximum atomic E-state index is 5.55. The lowest BCUT2D eigenvalue weighted by atomic mass is 9.86. The van der Waals surface area contributed by atoms with Crippen molar-refractivity contribution in [3.8, 4) is 0 Å². The van der Waals surface area contributed by atoms with Crippen molar-refractivity contribution < 1.29 is 4.74 Å². The van der Waals surface area contributed by atoms with E-state index in [1.54, 1.807) is 0 Å². The molecular formula is C13H27NO. The summed E-state index contributed by atoms with van der Waals surface area (Å²) < 4.78 is 5.55. The molecule has 0 heterocycles. The van der Waals surface area contributed by atoms with Crippen LogP contribution in [0.2, 0.25) is 0 Å². The lowest BCUT2D eigenvalue weighted by Crippen LogP contribution is -2.38. The number of nitrogens with one attached hydrogen (secondary N) is 1. The summed E-state index contributed by atoms with van der Waals surface area (Å²) in [6.45, 7) is 3.80. The molecule has 2 nitrogen and oxygen atoms in total. The van der Waals surface area contributed by atoms with Crippen LogP contribution in [0.5, 0.6) is 0 Å². The maximum Gasteiger partial charge on any atom is 0.0622 e. The first-order valence-corrected chi connectivity index (χ1v) is 6.63. The van der Waals surface area contributed by atoms with Gasteiger partial charge in [0.05, 0.1) is 6.61 Å². The van der Waals surface area contributed by atoms with Crippen LogP contribution in [0.1, 0.15) is 51.9 Å². The molecule has 1 saturated carbocycles. The number of likely N-dealkylation sites (N-methyl/N-ethyl adjacent to an activating group) is 1. The van der Waals surface area contributed by atoms with Crippen molar-refractivity contribution in [2.75, 3.05) is 20.3 Å². The standard InChI is InChI=1S/C13H27NO/c1-3-15-11-13(14-2)12-9-7-5-4-6-8-10-12/h12-14H,3-11H2,1-2H3. The molecule has 0 amide bonds. The molecule has 1 atom stereocenters. The van der Waals surface area contributed by atoms with Gasteiger partial charge in [0.15, 0.2) is 0 Å². The van der Waals surface area contributed by atoms with Crippen LogP contribution in [0.15, 0.2) is 0 Å². The second-order valence-corrected chi connectivity index (χ2v) is 4.66. The highest BCUT2D eigenvalue weighted by atomic mass is 16.5. The van der Waals surface area contributed by atoms with Gasteiger partial charge in [0.1, 0.15) is 0 Å². The Kier molecular flexibility index (Phi) is 7.03. The topological polar surface area (TPSA) is 21.3 Å². The molecule has 1 fully saturated rings. The van der Waals surface area contributed by atoms with Crippen LogP contribution < -0.4 is 5.32 Å². The largest absolute Gasteiger partial charge is 0.380 e. The lowest BCUT2D eigenvalue weighted by molar-refractivity contribution is 0.0988. The number of hydrogen-bond acceptors (Lipinski definition) is 2. The summed E-state index contributed by atoms with van der Waals surface area (Å²) in [4.78, 5) is 0. The molecule has 1 N–H and O–H groups in total. The van der Waals surface area contributed by atoms with Crippen molar-refractivity contribution in [2.24, 2.45) is 5.92 Å². The normalized spacial score (nSPS) is 22.0. The second-order valence-electron chi connectivity index (χ2n) is 4.66. The summed E-state index contributed by atoms with van der Waals surface area (Å²) in [5.41, 5.74) is 0. The van der Waals surface area contributed by atoms with E-state index in [0.717, 1.165) is 19.1 Å². The third-order valence-corrected chi connectivity index (χ3v) is 3.59. The van der Waals surface area contributed by atoms with E-state index < -0.39 is 0 Å². The summed E-state index contributed by atoms with van der Waals surface area (Å²) >= 11 is 0. The van der Waals surface area contributed by atoms with E-state index >= 15 is 0 Å². The van der Waals surface area contributed by atoms with E-state index in [1.807, 2.05) is 0 Å². The van der Waals surface area contributed by atoms with Gasteiger partial charge in [0, 0.05) is 12.6 Å². The van der Waals surface area contributed by atoms with E-state index in [4.69, 9.17) is 4.74 Å². The Labute approximate surface area is 94.8 Å². The monoisotopic (exact) mass is 213 g/mol. The van der Waals surface area contributed by atoms with E-state index in [1.165, 1.54) is 44.9 Å². The molecule has 1 unspecified atom stereocenters. The Balaban J connectivity index is 2.33. The summed E-state index contributed by atoms with van der Waals surface area (Å²) in [6.07, 6.45) is 9.91. The van der Waals surface area contributed by atoms with Gasteiger partial charge in [-0.05, 0) is 32.7 Å². The molecule has 15 heavy (non-hydrogen) atoms. The summed E-state index contributed by atoms with van der Waals surface area (Å²) in [5.74, 6) is 0.835. The fraction of sp³-hybridized carbons (Fsp3) is 1.00. The van der Waals surface area contributed by atoms with Crippen LogP contribution >= 0.6 is 0 Å². The molecule has 0 aliphatic heterocycles. The van der Waals surface area contributed by atoms with Gasteiger partial charge in [-0.15, -0.1) is 0 Å². The number of ether oxygens (including phenoxy) is 1. The maximum absolute atomic E-state index is 5.55. The van der Waals surface area contributed by atoms with Crippen LogP contribution in [0.25, 0.3) is 0 Å². The predicted octanol–water partition coefficient (Wildman–Crippen LogP) is 2.97. The molecule has 1 aliphatic carbocycles. The van der Waals surface area contributed by atoms with Crippen LogP contribution in [0.4, 0.5) is 0 Å². The van der Waals surface area contributed by atoms with E-state index in [9.17, 15) is 0 Å². The molecule has 2 heteroatoms. The Morgan fingerprint density at radius 3 is 2.27 bits per heavy atom. The van der Waals surface area contributed by atoms with Crippen molar-refractivity contribution in [3.63, 3.8) is 0 Å². The zero-order valence-corrected chi connectivity index (χ0v) is 10.4. The van der Waals surface area contributed by atoms with E-state index in [0.29, 0.717) is 6.04 Å². The number of hydrogen-bond donors (Lipinski definition) is 1. The second kappa shape index (κ2) is 8.12. The first kappa shape index (κ1) is 13.0. The van der Waals surface area contributed by atoms with Crippen LogP contribution in [-0.4, -0.2) is 26.3 Å². The number of rotatable bonds is 5. The van der Waals surface area contributed by atoms with Gasteiger partial charge in [0.25, 0.3) is 0 Å². The van der Waals surface area contributed by atoms with Crippen LogP contribution in [0, 0.1) is 5.92 Å². The van der Waals surface area contributed by atoms with Gasteiger partial charge < -0.3 is 10.1 Å². The highest BCUT2D eigenvalue weighted by Crippen LogP contribution is 2.24. The average Bonchev–Trinajstić information content (AvgIpc) is 2.21. The zero-order chi connectivity index (χ0) is 10.9. The molecule has 0 bridgehead atoms. The smallest absolute Gasteiger partial charge is 0.0622 e. The highest BCUT2D eigenvalue weighted by molar-refractivity contribution is 4.76. The van der Waals surface area contributed by atoms with Gasteiger partial charge in [-0.25, -0.2) is 0 Å². The third kappa shape index (κ3) is 4.98. The fourth-order valence-corrected chi connectivity index (χ4v) is 2.59. The molecule has 0 saturated heterocycles. The molecule has 0 aromatic rings. The average molecular weight is 213 g/mol. The van der Waals surface area contributed by atoms with Crippen molar-refractivity contribution >= 4 is 0 Å². The Hall–Kier alpha value is -0.0800. The van der Waals surface area contributed by atoms with Gasteiger partial charge in [-0.2, -0.15) is 0 Å². The van der Waals surface area contributed by atoms with Crippen LogP contribution in [-0.2, 0) is 4.74 Å². The minimum absolute atomic E-state index is 0.572. The Morgan fingerprint density at radius 2 is 1.73 bits per heavy atom. The fourth-order valence-electron chi connectivity index (χ4n) is 2.59. The van der Waals surface area contributed by atoms with Crippen molar-refractivity contribution in [2.45, 2.75) is 57.9 Å². The first-order valence-electron chi connectivity index (χ1n) is 6.63. The van der Waals surface area contributed by atoms with Gasteiger partial charge in [-0.3, -0.25) is 0 Å². The molecule has 0 aromatic carbocycles. The highest BCUT2D eigenvalue weighted by Gasteiger charge is 2.20. The molecule has 0 aromatic heterocycles. The first-order chi connectivity index (χ1) is 7.38. The Bertz CT molecular complexity index is 141. The van der Waals surface area contributed by atoms with Crippen LogP contribution in [0.3, 0.4) is 0 Å². The zero-order valence-electron chi connectivity index (χ0n) is 10.4. The van der Waals surface area contributed by atoms with Crippen molar-refractivity contribution in [3.05, 3.63) is 0 Å².